The van der Waals surface area contributed by atoms with Crippen LogP contribution in [0.1, 0.15) is 0 Å². The fourth-order valence-electron chi connectivity index (χ4n) is 1.89. The van der Waals surface area contributed by atoms with Crippen molar-refractivity contribution in [3.63, 3.8) is 0 Å². The Morgan fingerprint density at radius 1 is 1.08 bits per heavy atom. The van der Waals surface area contributed by atoms with Crippen molar-refractivity contribution in [1.82, 2.24) is 4.90 Å². The third kappa shape index (κ3) is 6.35. The summed E-state index contributed by atoms with van der Waals surface area (Å²) in [5.74, 6) is 0.246. The first kappa shape index (κ1) is 18.6. The molecule has 25 heavy (non-hydrogen) atoms. The Morgan fingerprint density at radius 2 is 1.80 bits per heavy atom. The first-order valence-electron chi connectivity index (χ1n) is 7.66. The third-order valence-corrected chi connectivity index (χ3v) is 3.53. The van der Waals surface area contributed by atoms with E-state index in [2.05, 4.69) is 10.6 Å². The van der Waals surface area contributed by atoms with Crippen LogP contribution in [0, 0.1) is 0 Å². The molecule has 0 aromatic heterocycles. The Bertz CT molecular complexity index is 733. The molecule has 132 valence electrons. The SMILES string of the molecule is CN(C)C(=O)COc1cccc(NCC(=O)Nc2ccc(Cl)cc2)c1. The number of hydrogen-bond acceptors (Lipinski definition) is 4. The van der Waals surface area contributed by atoms with Gasteiger partial charge in [-0.15, -0.1) is 0 Å². The predicted octanol–water partition coefficient (Wildman–Crippen LogP) is 2.86. The fraction of sp³-hybridized carbons (Fsp3) is 0.222. The number of nitrogens with zero attached hydrogens (tertiary/aromatic N) is 1. The number of rotatable bonds is 7. The number of ether oxygens (including phenoxy) is 1. The van der Waals surface area contributed by atoms with Crippen LogP contribution in [0.2, 0.25) is 5.02 Å². The summed E-state index contributed by atoms with van der Waals surface area (Å²) >= 11 is 5.81. The van der Waals surface area contributed by atoms with Crippen molar-refractivity contribution in [3.8, 4) is 5.75 Å². The lowest BCUT2D eigenvalue weighted by molar-refractivity contribution is -0.130. The van der Waals surface area contributed by atoms with Crippen molar-refractivity contribution < 1.29 is 14.3 Å². The van der Waals surface area contributed by atoms with Crippen molar-refractivity contribution in [1.29, 1.82) is 0 Å². The second-order valence-electron chi connectivity index (χ2n) is 5.51. The number of carbonyl (C=O) groups excluding carboxylic acids is 2. The molecule has 0 saturated carbocycles. The van der Waals surface area contributed by atoms with Gasteiger partial charge in [-0.1, -0.05) is 17.7 Å². The molecule has 0 aliphatic carbocycles. The van der Waals surface area contributed by atoms with Crippen LogP contribution in [0.5, 0.6) is 5.75 Å². The number of anilines is 2. The first-order chi connectivity index (χ1) is 11.9. The molecule has 0 atom stereocenters. The van der Waals surface area contributed by atoms with Gasteiger partial charge in [0.1, 0.15) is 5.75 Å². The number of carbonyl (C=O) groups is 2. The maximum absolute atomic E-state index is 12.0. The maximum atomic E-state index is 12.0. The molecule has 0 bridgehead atoms. The highest BCUT2D eigenvalue weighted by Gasteiger charge is 2.06. The highest BCUT2D eigenvalue weighted by Crippen LogP contribution is 2.17. The smallest absolute Gasteiger partial charge is 0.259 e. The van der Waals surface area contributed by atoms with E-state index in [4.69, 9.17) is 16.3 Å². The molecule has 2 rings (SSSR count). The minimum absolute atomic E-state index is 0.0342. The van der Waals surface area contributed by atoms with Gasteiger partial charge in [0, 0.05) is 36.6 Å². The second-order valence-corrected chi connectivity index (χ2v) is 5.95. The quantitative estimate of drug-likeness (QED) is 0.795. The summed E-state index contributed by atoms with van der Waals surface area (Å²) in [7, 11) is 3.34. The molecule has 0 aliphatic rings. The van der Waals surface area contributed by atoms with Gasteiger partial charge in [0.15, 0.2) is 6.61 Å². The minimum atomic E-state index is -0.184. The molecule has 0 fully saturated rings. The van der Waals surface area contributed by atoms with Gasteiger partial charge in [0.25, 0.3) is 5.91 Å². The highest BCUT2D eigenvalue weighted by atomic mass is 35.5. The second kappa shape index (κ2) is 8.94. The van der Waals surface area contributed by atoms with Gasteiger partial charge in [-0.05, 0) is 36.4 Å². The highest BCUT2D eigenvalue weighted by molar-refractivity contribution is 6.30. The Labute approximate surface area is 151 Å². The number of halogens is 1. The molecule has 0 saturated heterocycles. The van der Waals surface area contributed by atoms with Crippen molar-refractivity contribution in [3.05, 3.63) is 53.6 Å². The van der Waals surface area contributed by atoms with E-state index in [0.717, 1.165) is 5.69 Å². The zero-order valence-electron chi connectivity index (χ0n) is 14.1. The summed E-state index contributed by atoms with van der Waals surface area (Å²) in [4.78, 5) is 25.0. The molecule has 0 unspecified atom stereocenters. The summed E-state index contributed by atoms with van der Waals surface area (Å²) in [6.07, 6.45) is 0. The van der Waals surface area contributed by atoms with Gasteiger partial charge < -0.3 is 20.3 Å². The van der Waals surface area contributed by atoms with Gasteiger partial charge in [0.2, 0.25) is 5.91 Å². The van der Waals surface area contributed by atoms with Crippen LogP contribution in [-0.4, -0.2) is 44.0 Å². The maximum Gasteiger partial charge on any atom is 0.259 e. The molecule has 2 aromatic rings. The van der Waals surface area contributed by atoms with E-state index in [9.17, 15) is 9.59 Å². The Morgan fingerprint density at radius 3 is 2.48 bits per heavy atom. The minimum Gasteiger partial charge on any atom is -0.484 e. The van der Waals surface area contributed by atoms with E-state index >= 15 is 0 Å². The van der Waals surface area contributed by atoms with Crippen molar-refractivity contribution in [2.24, 2.45) is 0 Å². The number of nitrogens with one attached hydrogen (secondary N) is 2. The predicted molar refractivity (Wildman–Crippen MR) is 99.2 cm³/mol. The van der Waals surface area contributed by atoms with Crippen LogP contribution in [0.3, 0.4) is 0 Å². The molecule has 0 heterocycles. The monoisotopic (exact) mass is 361 g/mol. The van der Waals surface area contributed by atoms with Gasteiger partial charge in [-0.3, -0.25) is 9.59 Å². The molecule has 2 aromatic carbocycles. The largest absolute Gasteiger partial charge is 0.484 e. The van der Waals surface area contributed by atoms with E-state index in [1.165, 1.54) is 4.90 Å². The number of benzene rings is 2. The van der Waals surface area contributed by atoms with Crippen LogP contribution in [0.4, 0.5) is 11.4 Å². The average molecular weight is 362 g/mol. The molecule has 2 N–H and O–H groups in total. The molecule has 7 heteroatoms. The molecular weight excluding hydrogens is 342 g/mol. The number of amides is 2. The van der Waals surface area contributed by atoms with E-state index in [1.54, 1.807) is 56.6 Å². The number of hydrogen-bond donors (Lipinski definition) is 2. The van der Waals surface area contributed by atoms with Crippen LogP contribution < -0.4 is 15.4 Å². The zero-order valence-corrected chi connectivity index (χ0v) is 14.8. The van der Waals surface area contributed by atoms with Gasteiger partial charge in [-0.2, -0.15) is 0 Å². The molecular formula is C18H20ClN3O3. The molecule has 2 amide bonds. The van der Waals surface area contributed by atoms with Gasteiger partial charge in [-0.25, -0.2) is 0 Å². The lowest BCUT2D eigenvalue weighted by atomic mass is 10.3. The standard InChI is InChI=1S/C18H20ClN3O3/c1-22(2)18(24)12-25-16-5-3-4-15(10-16)20-11-17(23)21-14-8-6-13(19)7-9-14/h3-10,20H,11-12H2,1-2H3,(H,21,23). The van der Waals surface area contributed by atoms with Gasteiger partial charge >= 0.3 is 0 Å². The van der Waals surface area contributed by atoms with Crippen LogP contribution in [-0.2, 0) is 9.59 Å². The van der Waals surface area contributed by atoms with Crippen molar-refractivity contribution in [2.45, 2.75) is 0 Å². The molecule has 0 aliphatic heterocycles. The fourth-order valence-corrected chi connectivity index (χ4v) is 2.02. The molecule has 0 radical (unpaired) electrons. The first-order valence-corrected chi connectivity index (χ1v) is 8.04. The Kier molecular flexibility index (Phi) is 6.65. The molecule has 6 nitrogen and oxygen atoms in total. The summed E-state index contributed by atoms with van der Waals surface area (Å²) in [5.41, 5.74) is 1.40. The van der Waals surface area contributed by atoms with Gasteiger partial charge in [0.05, 0.1) is 6.54 Å². The summed E-state index contributed by atoms with van der Waals surface area (Å²) < 4.78 is 5.44. The van der Waals surface area contributed by atoms with E-state index in [1.807, 2.05) is 6.07 Å². The summed E-state index contributed by atoms with van der Waals surface area (Å²) in [5, 5.41) is 6.39. The number of likely N-dealkylation sites (N-methyl/N-ethyl adjacent to an activating group) is 1. The average Bonchev–Trinajstić information content (AvgIpc) is 2.60. The summed E-state index contributed by atoms with van der Waals surface area (Å²) in [6.45, 7) is 0.0657. The summed E-state index contributed by atoms with van der Waals surface area (Å²) in [6, 6.07) is 14.0. The lowest BCUT2D eigenvalue weighted by Gasteiger charge is -2.12. The lowest BCUT2D eigenvalue weighted by Crippen LogP contribution is -2.27. The molecule has 0 spiro atoms. The normalized spacial score (nSPS) is 10.0. The Hall–Kier alpha value is -2.73. The van der Waals surface area contributed by atoms with Crippen LogP contribution in [0.15, 0.2) is 48.5 Å². The van der Waals surface area contributed by atoms with Crippen LogP contribution in [0.25, 0.3) is 0 Å². The Balaban J connectivity index is 1.83. The van der Waals surface area contributed by atoms with Crippen LogP contribution >= 0.6 is 11.6 Å². The van der Waals surface area contributed by atoms with Crippen molar-refractivity contribution >= 4 is 34.8 Å². The van der Waals surface area contributed by atoms with E-state index < -0.39 is 0 Å². The third-order valence-electron chi connectivity index (χ3n) is 3.28. The zero-order chi connectivity index (χ0) is 18.2. The van der Waals surface area contributed by atoms with E-state index in [-0.39, 0.29) is 25.0 Å². The van der Waals surface area contributed by atoms with E-state index in [0.29, 0.717) is 16.5 Å². The topological polar surface area (TPSA) is 70.7 Å². The van der Waals surface area contributed by atoms with Crippen molar-refractivity contribution in [2.75, 3.05) is 37.9 Å².